The first kappa shape index (κ1) is 8.78. The van der Waals surface area contributed by atoms with Crippen molar-refractivity contribution in [3.63, 3.8) is 0 Å². The number of nitrogens with zero attached hydrogens (tertiary/aromatic N) is 1. The van der Waals surface area contributed by atoms with E-state index in [9.17, 15) is 0 Å². The Morgan fingerprint density at radius 3 is 3.00 bits per heavy atom. The normalized spacial score (nSPS) is 14.5. The zero-order valence-corrected chi connectivity index (χ0v) is 9.03. The van der Waals surface area contributed by atoms with Crippen molar-refractivity contribution in [3.8, 4) is 0 Å². The van der Waals surface area contributed by atoms with Crippen molar-refractivity contribution in [2.45, 2.75) is 26.3 Å². The fourth-order valence-corrected chi connectivity index (χ4v) is 2.62. The quantitative estimate of drug-likeness (QED) is 0.658. The monoisotopic (exact) mass is 197 g/mol. The topological polar surface area (TPSA) is 4.93 Å². The molecule has 1 aromatic heterocycles. The molecule has 0 N–H and O–H groups in total. The molecule has 0 saturated carbocycles. The Morgan fingerprint density at radius 1 is 1.27 bits per heavy atom. The highest BCUT2D eigenvalue weighted by Crippen LogP contribution is 2.30. The number of benzene rings is 1. The van der Waals surface area contributed by atoms with Gasteiger partial charge in [-0.3, -0.25) is 0 Å². The van der Waals surface area contributed by atoms with Crippen LogP contribution in [0.25, 0.3) is 17.0 Å². The van der Waals surface area contributed by atoms with E-state index in [1.54, 1.807) is 0 Å². The highest BCUT2D eigenvalue weighted by Gasteiger charge is 2.15. The van der Waals surface area contributed by atoms with Crippen LogP contribution in [0, 0.1) is 0 Å². The second-order valence-electron chi connectivity index (χ2n) is 4.06. The van der Waals surface area contributed by atoms with Crippen molar-refractivity contribution >= 4 is 17.0 Å². The van der Waals surface area contributed by atoms with Crippen LogP contribution >= 0.6 is 0 Å². The summed E-state index contributed by atoms with van der Waals surface area (Å²) in [6, 6.07) is 8.72. The van der Waals surface area contributed by atoms with Gasteiger partial charge in [0.05, 0.1) is 0 Å². The highest BCUT2D eigenvalue weighted by molar-refractivity contribution is 5.91. The molecule has 0 aliphatic heterocycles. The smallest absolute Gasteiger partial charge is 0.0488 e. The number of fused-ring (bicyclic) bond motifs is 3. The number of hydrogen-bond acceptors (Lipinski definition) is 0. The van der Waals surface area contributed by atoms with E-state index in [1.807, 2.05) is 0 Å². The molecule has 0 fully saturated rings. The van der Waals surface area contributed by atoms with Gasteiger partial charge in [-0.1, -0.05) is 30.4 Å². The number of aryl methyl sites for hydroxylation is 1. The molecular formula is C14H15N. The van der Waals surface area contributed by atoms with Gasteiger partial charge in [0.1, 0.15) is 0 Å². The molecule has 15 heavy (non-hydrogen) atoms. The van der Waals surface area contributed by atoms with Gasteiger partial charge in [-0.25, -0.2) is 0 Å². The van der Waals surface area contributed by atoms with E-state index in [2.05, 4.69) is 47.9 Å². The number of rotatable bonds is 1. The molecule has 1 aliphatic rings. The lowest BCUT2D eigenvalue weighted by atomic mass is 10.0. The van der Waals surface area contributed by atoms with Crippen molar-refractivity contribution in [2.75, 3.05) is 0 Å². The molecule has 0 amide bonds. The van der Waals surface area contributed by atoms with E-state index in [0.717, 1.165) is 6.54 Å². The average molecular weight is 197 g/mol. The van der Waals surface area contributed by atoms with Gasteiger partial charge in [0.2, 0.25) is 0 Å². The van der Waals surface area contributed by atoms with Crippen LogP contribution in [-0.4, -0.2) is 4.57 Å². The minimum absolute atomic E-state index is 1.07. The van der Waals surface area contributed by atoms with Gasteiger partial charge in [-0.2, -0.15) is 0 Å². The maximum atomic E-state index is 2.45. The molecule has 1 aromatic carbocycles. The second-order valence-corrected chi connectivity index (χ2v) is 4.06. The maximum absolute atomic E-state index is 2.45. The Kier molecular flexibility index (Phi) is 1.91. The van der Waals surface area contributed by atoms with E-state index in [0.29, 0.717) is 0 Å². The first-order chi connectivity index (χ1) is 7.42. The summed E-state index contributed by atoms with van der Waals surface area (Å²) >= 11 is 0. The lowest BCUT2D eigenvalue weighted by Crippen LogP contribution is -2.02. The van der Waals surface area contributed by atoms with Crippen molar-refractivity contribution in [3.05, 3.63) is 41.6 Å². The molecule has 0 bridgehead atoms. The first-order valence-corrected chi connectivity index (χ1v) is 5.68. The summed E-state index contributed by atoms with van der Waals surface area (Å²) < 4.78 is 2.45. The highest BCUT2D eigenvalue weighted by atomic mass is 15.0. The third kappa shape index (κ3) is 1.16. The molecule has 1 heteroatoms. The van der Waals surface area contributed by atoms with Gasteiger partial charge >= 0.3 is 0 Å². The Hall–Kier alpha value is -1.50. The fraction of sp³-hybridized carbons (Fsp3) is 0.286. The molecule has 3 rings (SSSR count). The summed E-state index contributed by atoms with van der Waals surface area (Å²) in [5.41, 5.74) is 4.34. The lowest BCUT2D eigenvalue weighted by molar-refractivity contribution is 0.729. The van der Waals surface area contributed by atoms with Crippen LogP contribution < -0.4 is 0 Å². The van der Waals surface area contributed by atoms with E-state index >= 15 is 0 Å². The van der Waals surface area contributed by atoms with Gasteiger partial charge in [0, 0.05) is 28.7 Å². The summed E-state index contributed by atoms with van der Waals surface area (Å²) in [6.07, 6.45) is 6.94. The van der Waals surface area contributed by atoms with Crippen LogP contribution in [0.4, 0.5) is 0 Å². The van der Waals surface area contributed by atoms with Crippen molar-refractivity contribution in [1.82, 2.24) is 4.57 Å². The zero-order valence-electron chi connectivity index (χ0n) is 9.03. The standard InChI is InChI=1S/C14H15N/c1-2-15-13-9-5-3-7-11(13)12-8-4-6-10-14(12)15/h3-5,7-9H,2,6,10H2,1H3. The molecule has 1 aliphatic carbocycles. The van der Waals surface area contributed by atoms with Crippen LogP contribution in [0.5, 0.6) is 0 Å². The minimum atomic E-state index is 1.07. The number of hydrogen-bond donors (Lipinski definition) is 0. The van der Waals surface area contributed by atoms with Crippen molar-refractivity contribution in [1.29, 1.82) is 0 Å². The molecule has 76 valence electrons. The van der Waals surface area contributed by atoms with Gasteiger partial charge in [-0.15, -0.1) is 0 Å². The van der Waals surface area contributed by atoms with Crippen LogP contribution in [0.15, 0.2) is 30.3 Å². The number of allylic oxidation sites excluding steroid dienone is 1. The van der Waals surface area contributed by atoms with Crippen LogP contribution in [-0.2, 0) is 13.0 Å². The van der Waals surface area contributed by atoms with Crippen LogP contribution in [0.3, 0.4) is 0 Å². The number of aromatic nitrogens is 1. The maximum Gasteiger partial charge on any atom is 0.0488 e. The lowest BCUT2D eigenvalue weighted by Gasteiger charge is -2.10. The predicted molar refractivity (Wildman–Crippen MR) is 65.0 cm³/mol. The molecule has 1 heterocycles. The van der Waals surface area contributed by atoms with Gasteiger partial charge < -0.3 is 4.57 Å². The predicted octanol–water partition coefficient (Wildman–Crippen LogP) is 3.62. The SMILES string of the molecule is CCn1c2c(c3ccccc31)C=CCC2. The molecule has 0 saturated heterocycles. The van der Waals surface area contributed by atoms with Crippen LogP contribution in [0.2, 0.25) is 0 Å². The largest absolute Gasteiger partial charge is 0.344 e. The molecule has 1 nitrogen and oxygen atoms in total. The Bertz CT molecular complexity index is 532. The summed E-state index contributed by atoms with van der Waals surface area (Å²) in [4.78, 5) is 0. The number of para-hydroxylation sites is 1. The van der Waals surface area contributed by atoms with E-state index in [4.69, 9.17) is 0 Å². The average Bonchev–Trinajstić information content (AvgIpc) is 2.63. The van der Waals surface area contributed by atoms with Crippen molar-refractivity contribution in [2.24, 2.45) is 0 Å². The molecular weight excluding hydrogens is 182 g/mol. The third-order valence-electron chi connectivity index (χ3n) is 3.27. The van der Waals surface area contributed by atoms with E-state index in [-0.39, 0.29) is 0 Å². The van der Waals surface area contributed by atoms with Crippen LogP contribution in [0.1, 0.15) is 24.6 Å². The molecule has 0 unspecified atom stereocenters. The van der Waals surface area contributed by atoms with Crippen molar-refractivity contribution < 1.29 is 0 Å². The van der Waals surface area contributed by atoms with Gasteiger partial charge in [0.25, 0.3) is 0 Å². The first-order valence-electron chi connectivity index (χ1n) is 5.68. The second kappa shape index (κ2) is 3.27. The minimum Gasteiger partial charge on any atom is -0.344 e. The molecule has 0 spiro atoms. The van der Waals surface area contributed by atoms with Gasteiger partial charge in [-0.05, 0) is 25.8 Å². The Balaban J connectivity index is 2.43. The molecule has 0 radical (unpaired) electrons. The van der Waals surface area contributed by atoms with Gasteiger partial charge in [0.15, 0.2) is 0 Å². The summed E-state index contributed by atoms with van der Waals surface area (Å²) in [5, 5.41) is 1.41. The fourth-order valence-electron chi connectivity index (χ4n) is 2.62. The Morgan fingerprint density at radius 2 is 2.13 bits per heavy atom. The summed E-state index contributed by atoms with van der Waals surface area (Å²) in [5.74, 6) is 0. The Labute approximate surface area is 90.0 Å². The summed E-state index contributed by atoms with van der Waals surface area (Å²) in [6.45, 7) is 3.30. The summed E-state index contributed by atoms with van der Waals surface area (Å²) in [7, 11) is 0. The van der Waals surface area contributed by atoms with E-state index in [1.165, 1.54) is 35.0 Å². The third-order valence-corrected chi connectivity index (χ3v) is 3.27. The zero-order chi connectivity index (χ0) is 10.3. The van der Waals surface area contributed by atoms with E-state index < -0.39 is 0 Å². The molecule has 2 aromatic rings. The molecule has 0 atom stereocenters.